The summed E-state index contributed by atoms with van der Waals surface area (Å²) in [6, 6.07) is 12.9. The molecule has 29 heavy (non-hydrogen) atoms. The van der Waals surface area contributed by atoms with Gasteiger partial charge in [0.2, 0.25) is 5.91 Å². The Morgan fingerprint density at radius 3 is 2.69 bits per heavy atom. The second-order valence-electron chi connectivity index (χ2n) is 6.19. The van der Waals surface area contributed by atoms with E-state index in [0.29, 0.717) is 5.69 Å². The minimum Gasteiger partial charge on any atom is -0.452 e. The Hall–Kier alpha value is -3.40. The third-order valence-electron chi connectivity index (χ3n) is 4.09. The molecular formula is C19H17N3O6S. The van der Waals surface area contributed by atoms with Gasteiger partial charge < -0.3 is 15.4 Å². The molecule has 0 radical (unpaired) electrons. The molecule has 1 heterocycles. The van der Waals surface area contributed by atoms with Crippen LogP contribution in [0.4, 0.5) is 17.1 Å². The van der Waals surface area contributed by atoms with Crippen molar-refractivity contribution in [2.75, 3.05) is 10.6 Å². The van der Waals surface area contributed by atoms with Crippen LogP contribution in [-0.4, -0.2) is 34.1 Å². The van der Waals surface area contributed by atoms with E-state index in [1.807, 2.05) is 12.1 Å². The Morgan fingerprint density at radius 2 is 1.93 bits per heavy atom. The van der Waals surface area contributed by atoms with Crippen molar-refractivity contribution in [3.05, 3.63) is 58.6 Å². The molecule has 0 saturated carbocycles. The molecule has 0 bridgehead atoms. The summed E-state index contributed by atoms with van der Waals surface area (Å²) in [4.78, 5) is 47.9. The minimum atomic E-state index is -1.19. The molecule has 0 unspecified atom stereocenters. The summed E-state index contributed by atoms with van der Waals surface area (Å²) in [7, 11) is 0. The van der Waals surface area contributed by atoms with E-state index >= 15 is 0 Å². The van der Waals surface area contributed by atoms with Gasteiger partial charge in [-0.15, -0.1) is 11.8 Å². The minimum absolute atomic E-state index is 0.00391. The first-order chi connectivity index (χ1) is 13.8. The van der Waals surface area contributed by atoms with Crippen molar-refractivity contribution in [3.8, 4) is 0 Å². The molecule has 0 spiro atoms. The van der Waals surface area contributed by atoms with E-state index in [2.05, 4.69) is 10.6 Å². The third-order valence-corrected chi connectivity index (χ3v) is 5.37. The van der Waals surface area contributed by atoms with Crippen LogP contribution in [0.1, 0.15) is 13.3 Å². The van der Waals surface area contributed by atoms with Gasteiger partial charge >= 0.3 is 5.97 Å². The molecule has 2 aromatic rings. The number of carbonyl (C=O) groups is 3. The first-order valence-corrected chi connectivity index (χ1v) is 9.53. The first kappa shape index (κ1) is 20.3. The Kier molecular flexibility index (Phi) is 6.13. The first-order valence-electron chi connectivity index (χ1n) is 8.65. The zero-order chi connectivity index (χ0) is 21.0. The van der Waals surface area contributed by atoms with Gasteiger partial charge in [-0.1, -0.05) is 24.3 Å². The molecule has 1 aliphatic heterocycles. The molecule has 0 saturated heterocycles. The normalized spacial score (nSPS) is 16.2. The van der Waals surface area contributed by atoms with Gasteiger partial charge in [-0.25, -0.2) is 0 Å². The maximum atomic E-state index is 12.2. The molecule has 9 nitrogen and oxygen atoms in total. The number of carbonyl (C=O) groups excluding carboxylic acids is 3. The lowest BCUT2D eigenvalue weighted by molar-refractivity contribution is -0.383. The number of nitro benzene ring substituents is 1. The molecule has 1 aliphatic rings. The number of nitro groups is 1. The summed E-state index contributed by atoms with van der Waals surface area (Å²) >= 11 is 1.25. The number of amides is 2. The maximum Gasteiger partial charge on any atom is 0.308 e. The molecule has 10 heteroatoms. The molecule has 150 valence electrons. The highest BCUT2D eigenvalue weighted by Gasteiger charge is 2.30. The highest BCUT2D eigenvalue weighted by molar-refractivity contribution is 8.01. The van der Waals surface area contributed by atoms with Crippen molar-refractivity contribution >= 4 is 46.6 Å². The molecule has 0 aliphatic carbocycles. The number of hydrogen-bond acceptors (Lipinski definition) is 7. The Morgan fingerprint density at radius 1 is 1.24 bits per heavy atom. The summed E-state index contributed by atoms with van der Waals surface area (Å²) in [5, 5.41) is 15.5. The Balaban J connectivity index is 1.57. The number of anilines is 2. The van der Waals surface area contributed by atoms with Crippen molar-refractivity contribution in [1.82, 2.24) is 0 Å². The molecule has 2 aromatic carbocycles. The number of benzene rings is 2. The van der Waals surface area contributed by atoms with Crippen molar-refractivity contribution in [3.63, 3.8) is 0 Å². The van der Waals surface area contributed by atoms with E-state index in [1.54, 1.807) is 12.1 Å². The number of fused-ring (bicyclic) bond motifs is 1. The number of hydrogen-bond donors (Lipinski definition) is 2. The predicted molar refractivity (Wildman–Crippen MR) is 107 cm³/mol. The Labute approximate surface area is 170 Å². The van der Waals surface area contributed by atoms with Crippen molar-refractivity contribution in [1.29, 1.82) is 0 Å². The molecular weight excluding hydrogens is 398 g/mol. The zero-order valence-corrected chi connectivity index (χ0v) is 16.1. The molecule has 3 rings (SSSR count). The number of ether oxygens (including phenoxy) is 1. The van der Waals surface area contributed by atoms with Crippen LogP contribution in [0.25, 0.3) is 0 Å². The topological polar surface area (TPSA) is 128 Å². The van der Waals surface area contributed by atoms with E-state index in [9.17, 15) is 24.5 Å². The summed E-state index contributed by atoms with van der Waals surface area (Å²) in [6.07, 6.45) is -1.40. The molecule has 2 atom stereocenters. The summed E-state index contributed by atoms with van der Waals surface area (Å²) in [5.74, 6) is -1.75. The summed E-state index contributed by atoms with van der Waals surface area (Å²) < 4.78 is 5.11. The van der Waals surface area contributed by atoms with Crippen LogP contribution in [0.2, 0.25) is 0 Å². The SMILES string of the molecule is C[C@H](OC(=O)C[C@@H]1Sc2ccccc2NC1=O)C(=O)Nc1ccccc1[N+](=O)[O-]. The number of thioether (sulfide) groups is 1. The van der Waals surface area contributed by atoms with Crippen LogP contribution in [0, 0.1) is 10.1 Å². The number of nitrogens with zero attached hydrogens (tertiary/aromatic N) is 1. The van der Waals surface area contributed by atoms with Gasteiger partial charge in [0.05, 0.1) is 22.3 Å². The van der Waals surface area contributed by atoms with Crippen molar-refractivity contribution in [2.45, 2.75) is 29.6 Å². The van der Waals surface area contributed by atoms with Gasteiger partial charge in [-0.2, -0.15) is 0 Å². The van der Waals surface area contributed by atoms with Gasteiger partial charge in [0, 0.05) is 11.0 Å². The van der Waals surface area contributed by atoms with Crippen LogP contribution in [0.15, 0.2) is 53.4 Å². The number of para-hydroxylation sites is 3. The lowest BCUT2D eigenvalue weighted by Gasteiger charge is -2.23. The fraction of sp³-hybridized carbons (Fsp3) is 0.211. The fourth-order valence-corrected chi connectivity index (χ4v) is 3.75. The predicted octanol–water partition coefficient (Wildman–Crippen LogP) is 2.97. The van der Waals surface area contributed by atoms with E-state index in [-0.39, 0.29) is 23.7 Å². The van der Waals surface area contributed by atoms with Gasteiger partial charge in [0.15, 0.2) is 6.10 Å². The molecule has 0 fully saturated rings. The second kappa shape index (κ2) is 8.74. The van der Waals surface area contributed by atoms with Crippen molar-refractivity contribution in [2.24, 2.45) is 0 Å². The lowest BCUT2D eigenvalue weighted by atomic mass is 10.2. The van der Waals surface area contributed by atoms with E-state index in [4.69, 9.17) is 4.74 Å². The average Bonchev–Trinajstić information content (AvgIpc) is 2.68. The third kappa shape index (κ3) is 4.91. The highest BCUT2D eigenvalue weighted by Crippen LogP contribution is 2.36. The Bertz CT molecular complexity index is 980. The highest BCUT2D eigenvalue weighted by atomic mass is 32.2. The van der Waals surface area contributed by atoms with E-state index in [1.165, 1.54) is 43.0 Å². The average molecular weight is 415 g/mol. The standard InChI is InChI=1S/C19H17N3O6S/c1-11(18(24)20-12-6-2-4-8-14(12)22(26)27)28-17(23)10-16-19(25)21-13-7-3-5-9-15(13)29-16/h2-9,11,16H,10H2,1H3,(H,20,24)(H,21,25)/t11-,16-/m0/s1. The van der Waals surface area contributed by atoms with Crippen LogP contribution >= 0.6 is 11.8 Å². The van der Waals surface area contributed by atoms with E-state index < -0.39 is 28.2 Å². The molecule has 2 N–H and O–H groups in total. The molecule has 0 aromatic heterocycles. The largest absolute Gasteiger partial charge is 0.452 e. The van der Waals surface area contributed by atoms with Crippen LogP contribution in [0.5, 0.6) is 0 Å². The summed E-state index contributed by atoms with van der Waals surface area (Å²) in [5.41, 5.74) is 0.418. The maximum absolute atomic E-state index is 12.2. The number of esters is 1. The van der Waals surface area contributed by atoms with Gasteiger partial charge in [0.1, 0.15) is 5.69 Å². The van der Waals surface area contributed by atoms with Crippen molar-refractivity contribution < 1.29 is 24.0 Å². The van der Waals surface area contributed by atoms with Gasteiger partial charge in [-0.05, 0) is 25.1 Å². The number of nitrogens with one attached hydrogen (secondary N) is 2. The summed E-state index contributed by atoms with van der Waals surface area (Å²) in [6.45, 7) is 1.35. The zero-order valence-electron chi connectivity index (χ0n) is 15.3. The van der Waals surface area contributed by atoms with E-state index in [0.717, 1.165) is 4.90 Å². The van der Waals surface area contributed by atoms with Crippen LogP contribution in [0.3, 0.4) is 0 Å². The monoisotopic (exact) mass is 415 g/mol. The van der Waals surface area contributed by atoms with Crippen LogP contribution < -0.4 is 10.6 Å². The number of rotatable bonds is 6. The quantitative estimate of drug-likeness (QED) is 0.422. The van der Waals surface area contributed by atoms with Gasteiger partial charge in [0.25, 0.3) is 11.6 Å². The fourth-order valence-electron chi connectivity index (χ4n) is 2.65. The second-order valence-corrected chi connectivity index (χ2v) is 7.44. The molecule has 2 amide bonds. The van der Waals surface area contributed by atoms with Gasteiger partial charge in [-0.3, -0.25) is 24.5 Å². The lowest BCUT2D eigenvalue weighted by Crippen LogP contribution is -2.34. The van der Waals surface area contributed by atoms with Crippen LogP contribution in [-0.2, 0) is 19.1 Å². The smallest absolute Gasteiger partial charge is 0.308 e.